The van der Waals surface area contributed by atoms with Gasteiger partial charge in [0.2, 0.25) is 5.91 Å². The number of aliphatic hydroxyl groups is 1. The zero-order valence-corrected chi connectivity index (χ0v) is 6.36. The van der Waals surface area contributed by atoms with Gasteiger partial charge in [-0.1, -0.05) is 0 Å². The van der Waals surface area contributed by atoms with Gasteiger partial charge in [-0.3, -0.25) is 4.79 Å². The van der Waals surface area contributed by atoms with Crippen molar-refractivity contribution in [2.45, 2.75) is 6.23 Å². The molecule has 0 aromatic heterocycles. The number of ether oxygens (including phenoxy) is 1. The van der Waals surface area contributed by atoms with Gasteiger partial charge in [-0.15, -0.1) is 0 Å². The molecule has 0 unspecified atom stereocenters. The molecule has 0 aromatic rings. The van der Waals surface area contributed by atoms with Gasteiger partial charge < -0.3 is 14.7 Å². The summed E-state index contributed by atoms with van der Waals surface area (Å²) in [5, 5.41) is 8.58. The summed E-state index contributed by atoms with van der Waals surface area (Å²) in [5.74, 6) is -0.106. The van der Waals surface area contributed by atoms with Crippen molar-refractivity contribution >= 4 is 5.91 Å². The smallest absolute Gasteiger partial charge is 0.248 e. The predicted molar refractivity (Wildman–Crippen MR) is 38.7 cm³/mol. The van der Waals surface area contributed by atoms with Gasteiger partial charge in [0, 0.05) is 19.7 Å². The summed E-state index contributed by atoms with van der Waals surface area (Å²) < 4.78 is 4.95. The molecule has 1 N–H and O–H groups in total. The normalized spacial score (nSPS) is 23.3. The molecule has 1 heterocycles. The first-order valence-corrected chi connectivity index (χ1v) is 3.42. The van der Waals surface area contributed by atoms with E-state index < -0.39 is 0 Å². The van der Waals surface area contributed by atoms with Crippen LogP contribution in [0.3, 0.4) is 0 Å². The van der Waals surface area contributed by atoms with Crippen molar-refractivity contribution in [1.82, 2.24) is 4.90 Å². The minimum atomic E-state index is -0.297. The topological polar surface area (TPSA) is 49.8 Å². The molecule has 1 aliphatic rings. The molecule has 0 saturated heterocycles. The Kier molecular flexibility index (Phi) is 2.62. The summed E-state index contributed by atoms with van der Waals surface area (Å²) in [6, 6.07) is 0. The van der Waals surface area contributed by atoms with Crippen molar-refractivity contribution in [2.75, 3.05) is 20.3 Å². The summed E-state index contributed by atoms with van der Waals surface area (Å²) in [5.41, 5.74) is 0. The quantitative estimate of drug-likeness (QED) is 0.592. The summed E-state index contributed by atoms with van der Waals surface area (Å²) in [6.07, 6.45) is 2.82. The Morgan fingerprint density at radius 3 is 3.09 bits per heavy atom. The third kappa shape index (κ3) is 1.58. The van der Waals surface area contributed by atoms with Crippen molar-refractivity contribution in [1.29, 1.82) is 0 Å². The van der Waals surface area contributed by atoms with Gasteiger partial charge in [0.05, 0.1) is 6.61 Å². The van der Waals surface area contributed by atoms with Gasteiger partial charge in [-0.2, -0.15) is 0 Å². The number of rotatable bonds is 3. The van der Waals surface area contributed by atoms with E-state index in [4.69, 9.17) is 9.84 Å². The van der Waals surface area contributed by atoms with Gasteiger partial charge in [0.15, 0.2) is 6.23 Å². The number of methoxy groups -OCH3 is 1. The van der Waals surface area contributed by atoms with Crippen molar-refractivity contribution in [3.63, 3.8) is 0 Å². The summed E-state index contributed by atoms with van der Waals surface area (Å²) in [6.45, 7) is 0.289. The fourth-order valence-electron chi connectivity index (χ4n) is 1.04. The SMILES string of the molecule is CO[C@@H]1C=CC(=O)N1CCO. The second-order valence-electron chi connectivity index (χ2n) is 2.24. The molecular weight excluding hydrogens is 146 g/mol. The fraction of sp³-hybridized carbons (Fsp3) is 0.571. The molecule has 0 aromatic carbocycles. The van der Waals surface area contributed by atoms with Crippen LogP contribution in [0.15, 0.2) is 12.2 Å². The van der Waals surface area contributed by atoms with Crippen molar-refractivity contribution in [2.24, 2.45) is 0 Å². The Balaban J connectivity index is 2.54. The number of nitrogens with zero attached hydrogens (tertiary/aromatic N) is 1. The standard InChI is InChI=1S/C7H11NO3/c1-11-7-3-2-6(10)8(7)4-5-9/h2-3,7,9H,4-5H2,1H3/t7-/m1/s1. The number of aliphatic hydroxyl groups excluding tert-OH is 1. The average molecular weight is 157 g/mol. The lowest BCUT2D eigenvalue weighted by Gasteiger charge is -2.21. The van der Waals surface area contributed by atoms with Crippen LogP contribution in [0.2, 0.25) is 0 Å². The summed E-state index contributed by atoms with van der Waals surface area (Å²) >= 11 is 0. The zero-order valence-electron chi connectivity index (χ0n) is 6.36. The number of amides is 1. The molecular formula is C7H11NO3. The molecule has 1 rings (SSSR count). The molecule has 1 atom stereocenters. The van der Waals surface area contributed by atoms with Crippen LogP contribution in [-0.4, -0.2) is 42.4 Å². The molecule has 0 bridgehead atoms. The Morgan fingerprint density at radius 2 is 2.55 bits per heavy atom. The lowest BCUT2D eigenvalue weighted by atomic mass is 10.5. The maximum absolute atomic E-state index is 11.0. The van der Waals surface area contributed by atoms with Gasteiger partial charge in [0.1, 0.15) is 0 Å². The Bertz CT molecular complexity index is 179. The van der Waals surface area contributed by atoms with Crippen LogP contribution in [0, 0.1) is 0 Å². The predicted octanol–water partition coefficient (Wildman–Crippen LogP) is -0.650. The van der Waals surface area contributed by atoms with Gasteiger partial charge in [-0.25, -0.2) is 0 Å². The number of β-amino-alcohol motifs (C(OH)–C–C–N with tert-alkyl or cyclic N) is 1. The Hall–Kier alpha value is -0.870. The molecule has 0 saturated carbocycles. The van der Waals surface area contributed by atoms with E-state index in [1.54, 1.807) is 6.08 Å². The highest BCUT2D eigenvalue weighted by Gasteiger charge is 2.24. The van der Waals surface area contributed by atoms with E-state index in [-0.39, 0.29) is 18.7 Å². The van der Waals surface area contributed by atoms with Gasteiger partial charge in [0.25, 0.3) is 0 Å². The number of hydrogen-bond acceptors (Lipinski definition) is 3. The highest BCUT2D eigenvalue weighted by molar-refractivity contribution is 5.90. The van der Waals surface area contributed by atoms with Crippen LogP contribution >= 0.6 is 0 Å². The van der Waals surface area contributed by atoms with Crippen molar-refractivity contribution in [3.05, 3.63) is 12.2 Å². The molecule has 0 aliphatic carbocycles. The second-order valence-corrected chi connectivity index (χ2v) is 2.24. The Labute approximate surface area is 65.1 Å². The average Bonchev–Trinajstić information content (AvgIpc) is 2.34. The second kappa shape index (κ2) is 3.50. The molecule has 1 amide bonds. The molecule has 4 heteroatoms. The first kappa shape index (κ1) is 8.23. The van der Waals surface area contributed by atoms with Gasteiger partial charge >= 0.3 is 0 Å². The molecule has 11 heavy (non-hydrogen) atoms. The summed E-state index contributed by atoms with van der Waals surface area (Å²) in [7, 11) is 1.53. The number of hydrogen-bond donors (Lipinski definition) is 1. The first-order chi connectivity index (χ1) is 5.29. The molecule has 1 aliphatic heterocycles. The first-order valence-electron chi connectivity index (χ1n) is 3.42. The highest BCUT2D eigenvalue weighted by atomic mass is 16.5. The molecule has 0 radical (unpaired) electrons. The van der Waals surface area contributed by atoms with Crippen LogP contribution in [0.1, 0.15) is 0 Å². The fourth-order valence-corrected chi connectivity index (χ4v) is 1.04. The zero-order chi connectivity index (χ0) is 8.27. The van der Waals surface area contributed by atoms with Crippen LogP contribution in [0.4, 0.5) is 0 Å². The van der Waals surface area contributed by atoms with E-state index in [9.17, 15) is 4.79 Å². The van der Waals surface area contributed by atoms with Crippen molar-refractivity contribution < 1.29 is 14.6 Å². The van der Waals surface area contributed by atoms with Crippen LogP contribution in [-0.2, 0) is 9.53 Å². The Morgan fingerprint density at radius 1 is 1.82 bits per heavy atom. The lowest BCUT2D eigenvalue weighted by Crippen LogP contribution is -2.37. The van der Waals surface area contributed by atoms with Crippen LogP contribution in [0.25, 0.3) is 0 Å². The van der Waals surface area contributed by atoms with Crippen molar-refractivity contribution in [3.8, 4) is 0 Å². The largest absolute Gasteiger partial charge is 0.395 e. The van der Waals surface area contributed by atoms with E-state index in [0.29, 0.717) is 6.54 Å². The number of carbonyl (C=O) groups excluding carboxylic acids is 1. The molecule has 62 valence electrons. The third-order valence-electron chi connectivity index (χ3n) is 1.58. The van der Waals surface area contributed by atoms with Crippen LogP contribution < -0.4 is 0 Å². The highest BCUT2D eigenvalue weighted by Crippen LogP contribution is 2.10. The van der Waals surface area contributed by atoms with Gasteiger partial charge in [-0.05, 0) is 6.08 Å². The minimum absolute atomic E-state index is 0.0344. The number of carbonyl (C=O) groups is 1. The molecule has 0 spiro atoms. The van der Waals surface area contributed by atoms with E-state index in [1.807, 2.05) is 0 Å². The van der Waals surface area contributed by atoms with E-state index in [0.717, 1.165) is 0 Å². The summed E-state index contributed by atoms with van der Waals surface area (Å²) in [4.78, 5) is 12.4. The van der Waals surface area contributed by atoms with Crippen LogP contribution in [0.5, 0.6) is 0 Å². The minimum Gasteiger partial charge on any atom is -0.395 e. The molecule has 0 fully saturated rings. The van der Waals surface area contributed by atoms with E-state index in [1.165, 1.54) is 18.1 Å². The van der Waals surface area contributed by atoms with E-state index >= 15 is 0 Å². The monoisotopic (exact) mass is 157 g/mol. The maximum atomic E-state index is 11.0. The lowest BCUT2D eigenvalue weighted by molar-refractivity contribution is -0.133. The van der Waals surface area contributed by atoms with E-state index in [2.05, 4.69) is 0 Å². The maximum Gasteiger partial charge on any atom is 0.248 e. The molecule has 4 nitrogen and oxygen atoms in total. The third-order valence-corrected chi connectivity index (χ3v) is 1.58.